The van der Waals surface area contributed by atoms with E-state index < -0.39 is 0 Å². The zero-order chi connectivity index (χ0) is 21.0. The quantitative estimate of drug-likeness (QED) is 0.698. The molecule has 0 saturated carbocycles. The largest absolute Gasteiger partial charge is 0.504 e. The van der Waals surface area contributed by atoms with Crippen LogP contribution in [0.2, 0.25) is 0 Å². The molecular formula is C22H28O7. The first-order valence-electron chi connectivity index (χ1n) is 9.42. The van der Waals surface area contributed by atoms with Crippen LogP contribution in [0.4, 0.5) is 0 Å². The summed E-state index contributed by atoms with van der Waals surface area (Å²) in [6.45, 7) is 0.472. The Bertz CT molecular complexity index is 823. The van der Waals surface area contributed by atoms with E-state index in [-0.39, 0.29) is 35.7 Å². The van der Waals surface area contributed by atoms with Crippen molar-refractivity contribution in [1.82, 2.24) is 0 Å². The normalized spacial score (nSPS) is 22.4. The molecule has 2 aromatic carbocycles. The van der Waals surface area contributed by atoms with Crippen LogP contribution in [-0.2, 0) is 20.6 Å². The molecule has 1 aliphatic heterocycles. The highest BCUT2D eigenvalue weighted by atomic mass is 16.7. The van der Waals surface area contributed by atoms with Gasteiger partial charge in [-0.2, -0.15) is 0 Å². The predicted molar refractivity (Wildman–Crippen MR) is 107 cm³/mol. The number of phenolic OH excluding ortho intramolecular Hbond substituents is 2. The van der Waals surface area contributed by atoms with Crippen LogP contribution in [0.1, 0.15) is 17.2 Å². The molecule has 0 aliphatic carbocycles. The molecule has 0 radical (unpaired) electrons. The monoisotopic (exact) mass is 404 g/mol. The Kier molecular flexibility index (Phi) is 6.84. The fourth-order valence-corrected chi connectivity index (χ4v) is 4.01. The molecule has 1 aliphatic rings. The number of phenols is 2. The van der Waals surface area contributed by atoms with E-state index in [4.69, 9.17) is 23.7 Å². The molecule has 1 saturated heterocycles. The van der Waals surface area contributed by atoms with E-state index in [0.717, 1.165) is 11.1 Å². The topological polar surface area (TPSA) is 86.6 Å². The second-order valence-electron chi connectivity index (χ2n) is 7.06. The predicted octanol–water partition coefficient (Wildman–Crippen LogP) is 3.28. The minimum atomic E-state index is -0.378. The van der Waals surface area contributed by atoms with Gasteiger partial charge < -0.3 is 33.9 Å². The Hall–Kier alpha value is -2.48. The van der Waals surface area contributed by atoms with Crippen molar-refractivity contribution in [3.05, 3.63) is 47.5 Å². The molecule has 29 heavy (non-hydrogen) atoms. The van der Waals surface area contributed by atoms with E-state index in [2.05, 4.69) is 0 Å². The van der Waals surface area contributed by atoms with Crippen LogP contribution in [0.3, 0.4) is 0 Å². The fourth-order valence-electron chi connectivity index (χ4n) is 4.01. The minimum absolute atomic E-state index is 0.0130. The van der Waals surface area contributed by atoms with E-state index in [1.165, 1.54) is 14.2 Å². The molecule has 7 heteroatoms. The number of benzene rings is 2. The van der Waals surface area contributed by atoms with Gasteiger partial charge in [0.05, 0.1) is 26.9 Å². The molecular weight excluding hydrogens is 376 g/mol. The summed E-state index contributed by atoms with van der Waals surface area (Å²) in [4.78, 5) is 0. The van der Waals surface area contributed by atoms with E-state index >= 15 is 0 Å². The number of methoxy groups -OCH3 is 4. The number of rotatable bonds is 8. The number of aromatic hydroxyl groups is 2. The highest BCUT2D eigenvalue weighted by molar-refractivity contribution is 5.43. The third-order valence-corrected chi connectivity index (χ3v) is 5.48. The average Bonchev–Trinajstić information content (AvgIpc) is 3.13. The molecule has 1 fully saturated rings. The van der Waals surface area contributed by atoms with Crippen LogP contribution < -0.4 is 9.47 Å². The lowest BCUT2D eigenvalue weighted by Crippen LogP contribution is -2.29. The van der Waals surface area contributed by atoms with Gasteiger partial charge in [0.25, 0.3) is 0 Å². The van der Waals surface area contributed by atoms with Gasteiger partial charge in [-0.3, -0.25) is 0 Å². The minimum Gasteiger partial charge on any atom is -0.504 e. The lowest BCUT2D eigenvalue weighted by atomic mass is 9.82. The molecule has 0 aromatic heterocycles. The van der Waals surface area contributed by atoms with Gasteiger partial charge in [-0.25, -0.2) is 0 Å². The fraction of sp³-hybridized carbons (Fsp3) is 0.455. The molecule has 0 spiro atoms. The average molecular weight is 404 g/mol. The van der Waals surface area contributed by atoms with Gasteiger partial charge in [0.15, 0.2) is 29.3 Å². The van der Waals surface area contributed by atoms with Crippen LogP contribution in [0.5, 0.6) is 23.0 Å². The summed E-state index contributed by atoms with van der Waals surface area (Å²) in [7, 11) is 6.33. The summed E-state index contributed by atoms with van der Waals surface area (Å²) < 4.78 is 27.8. The highest BCUT2D eigenvalue weighted by Crippen LogP contribution is 2.42. The SMILES string of the molecule is COc1cc(C[C@H]2[C@@H](OC)OC[C@@H]2[C@H](OC)c2ccc(O)c(OC)c2)ccc1O. The first-order valence-corrected chi connectivity index (χ1v) is 9.42. The van der Waals surface area contributed by atoms with E-state index in [1.807, 2.05) is 18.2 Å². The summed E-state index contributed by atoms with van der Waals surface area (Å²) in [5.74, 6) is 1.03. The summed E-state index contributed by atoms with van der Waals surface area (Å²) >= 11 is 0. The van der Waals surface area contributed by atoms with Crippen LogP contribution in [-0.4, -0.2) is 51.5 Å². The van der Waals surface area contributed by atoms with Crippen molar-refractivity contribution in [2.75, 3.05) is 35.0 Å². The molecule has 0 unspecified atom stereocenters. The number of hydrogen-bond donors (Lipinski definition) is 2. The third-order valence-electron chi connectivity index (χ3n) is 5.48. The highest BCUT2D eigenvalue weighted by Gasteiger charge is 2.42. The molecule has 4 atom stereocenters. The molecule has 2 N–H and O–H groups in total. The van der Waals surface area contributed by atoms with Crippen LogP contribution in [0.25, 0.3) is 0 Å². The second kappa shape index (κ2) is 9.35. The molecule has 0 bridgehead atoms. The summed E-state index contributed by atoms with van der Waals surface area (Å²) in [6, 6.07) is 10.5. The maximum absolute atomic E-state index is 9.91. The van der Waals surface area contributed by atoms with E-state index in [9.17, 15) is 10.2 Å². The van der Waals surface area contributed by atoms with Crippen molar-refractivity contribution in [1.29, 1.82) is 0 Å². The lowest BCUT2D eigenvalue weighted by molar-refractivity contribution is -0.110. The molecule has 3 rings (SSSR count). The maximum Gasteiger partial charge on any atom is 0.160 e. The standard InChI is InChI=1S/C22H28O7/c1-25-19-10-13(5-7-17(19)23)9-15-16(12-29-22(15)28-4)21(27-3)14-6-8-18(24)20(11-14)26-2/h5-8,10-11,15-16,21-24H,9,12H2,1-4H3/t15-,16+,21-,22+/m1/s1. The van der Waals surface area contributed by atoms with Crippen LogP contribution in [0.15, 0.2) is 36.4 Å². The van der Waals surface area contributed by atoms with Crippen molar-refractivity contribution < 1.29 is 33.9 Å². The molecule has 7 nitrogen and oxygen atoms in total. The summed E-state index contributed by atoms with van der Waals surface area (Å²) in [5.41, 5.74) is 1.89. The van der Waals surface area contributed by atoms with E-state index in [0.29, 0.717) is 24.5 Å². The number of ether oxygens (including phenoxy) is 5. The van der Waals surface area contributed by atoms with Crippen molar-refractivity contribution >= 4 is 0 Å². The first kappa shape index (κ1) is 21.2. The second-order valence-corrected chi connectivity index (χ2v) is 7.06. The zero-order valence-corrected chi connectivity index (χ0v) is 17.1. The van der Waals surface area contributed by atoms with Crippen molar-refractivity contribution in [2.45, 2.75) is 18.8 Å². The Labute approximate surface area is 170 Å². The molecule has 2 aromatic rings. The van der Waals surface area contributed by atoms with Crippen molar-refractivity contribution in [3.8, 4) is 23.0 Å². The van der Waals surface area contributed by atoms with Gasteiger partial charge in [-0.1, -0.05) is 12.1 Å². The Morgan fingerprint density at radius 3 is 2.24 bits per heavy atom. The van der Waals surface area contributed by atoms with Gasteiger partial charge in [0.2, 0.25) is 0 Å². The Morgan fingerprint density at radius 1 is 0.966 bits per heavy atom. The summed E-state index contributed by atoms with van der Waals surface area (Å²) in [5, 5.41) is 19.8. The molecule has 0 amide bonds. The lowest BCUT2D eigenvalue weighted by Gasteiger charge is -2.28. The van der Waals surface area contributed by atoms with Gasteiger partial charge in [-0.15, -0.1) is 0 Å². The van der Waals surface area contributed by atoms with Crippen molar-refractivity contribution in [2.24, 2.45) is 11.8 Å². The van der Waals surface area contributed by atoms with Crippen LogP contribution >= 0.6 is 0 Å². The maximum atomic E-state index is 9.91. The van der Waals surface area contributed by atoms with Crippen LogP contribution in [0, 0.1) is 11.8 Å². The van der Waals surface area contributed by atoms with E-state index in [1.54, 1.807) is 32.4 Å². The van der Waals surface area contributed by atoms with Gasteiger partial charge in [-0.05, 0) is 41.8 Å². The zero-order valence-electron chi connectivity index (χ0n) is 17.1. The Balaban J connectivity index is 1.89. The van der Waals surface area contributed by atoms with Gasteiger partial charge in [0, 0.05) is 26.1 Å². The Morgan fingerprint density at radius 2 is 1.62 bits per heavy atom. The molecule has 1 heterocycles. The van der Waals surface area contributed by atoms with Gasteiger partial charge in [0.1, 0.15) is 0 Å². The molecule has 158 valence electrons. The first-order chi connectivity index (χ1) is 14.0. The van der Waals surface area contributed by atoms with Gasteiger partial charge >= 0.3 is 0 Å². The number of hydrogen-bond acceptors (Lipinski definition) is 7. The third kappa shape index (κ3) is 4.42. The smallest absolute Gasteiger partial charge is 0.160 e. The van der Waals surface area contributed by atoms with Crippen molar-refractivity contribution in [3.63, 3.8) is 0 Å². The summed E-state index contributed by atoms with van der Waals surface area (Å²) in [6.07, 6.45) is 0.0136.